The van der Waals surface area contributed by atoms with Gasteiger partial charge in [0.15, 0.2) is 11.6 Å². The lowest BCUT2D eigenvalue weighted by molar-refractivity contribution is 0.382. The minimum atomic E-state index is -0.308. The number of methoxy groups -OCH3 is 1. The van der Waals surface area contributed by atoms with Crippen LogP contribution >= 0.6 is 15.9 Å². The third-order valence-corrected chi connectivity index (χ3v) is 3.78. The van der Waals surface area contributed by atoms with Gasteiger partial charge in [0.1, 0.15) is 0 Å². The Balaban J connectivity index is 2.87. The molecule has 0 bridgehead atoms. The summed E-state index contributed by atoms with van der Waals surface area (Å²) in [6.45, 7) is 4.33. The van der Waals surface area contributed by atoms with Gasteiger partial charge in [-0.05, 0) is 29.5 Å². The molecule has 0 aliphatic rings. The molecular formula is C12H16BrFO. The summed E-state index contributed by atoms with van der Waals surface area (Å²) in [6.07, 6.45) is 0.898. The molecule has 0 N–H and O–H groups in total. The topological polar surface area (TPSA) is 9.23 Å². The van der Waals surface area contributed by atoms with Gasteiger partial charge in [-0.3, -0.25) is 0 Å². The van der Waals surface area contributed by atoms with Crippen LogP contribution in [-0.2, 0) is 6.42 Å². The largest absolute Gasteiger partial charge is 0.494 e. The van der Waals surface area contributed by atoms with Crippen LogP contribution in [0.4, 0.5) is 4.39 Å². The van der Waals surface area contributed by atoms with Crippen molar-refractivity contribution in [3.63, 3.8) is 0 Å². The molecule has 0 radical (unpaired) electrons. The normalized spacial score (nSPS) is 11.5. The quantitative estimate of drug-likeness (QED) is 0.759. The monoisotopic (exact) mass is 274 g/mol. The summed E-state index contributed by atoms with van der Waals surface area (Å²) >= 11 is 3.47. The van der Waals surface area contributed by atoms with Crippen LogP contribution in [0.5, 0.6) is 5.75 Å². The lowest BCUT2D eigenvalue weighted by atomic mass is 9.88. The molecular weight excluding hydrogens is 259 g/mol. The number of alkyl halides is 1. The molecule has 1 nitrogen and oxygen atoms in total. The molecule has 0 amide bonds. The first kappa shape index (κ1) is 12.5. The maximum absolute atomic E-state index is 13.2. The van der Waals surface area contributed by atoms with Gasteiger partial charge in [0, 0.05) is 5.33 Å². The first-order chi connectivity index (χ1) is 6.98. The van der Waals surface area contributed by atoms with Crippen molar-refractivity contribution >= 4 is 15.9 Å². The van der Waals surface area contributed by atoms with Gasteiger partial charge in [0.05, 0.1) is 7.11 Å². The van der Waals surface area contributed by atoms with E-state index in [1.54, 1.807) is 6.07 Å². The van der Waals surface area contributed by atoms with E-state index < -0.39 is 0 Å². The Morgan fingerprint density at radius 1 is 1.40 bits per heavy atom. The van der Waals surface area contributed by atoms with Crippen molar-refractivity contribution in [1.29, 1.82) is 0 Å². The van der Waals surface area contributed by atoms with E-state index in [2.05, 4.69) is 29.8 Å². The summed E-state index contributed by atoms with van der Waals surface area (Å²) in [5, 5.41) is 0.916. The molecule has 0 aliphatic carbocycles. The first-order valence-corrected chi connectivity index (χ1v) is 5.99. The standard InChI is InChI=1S/C12H16BrFO/c1-12(2,8-13)7-9-4-5-10(14)11(6-9)15-3/h4-6H,7-8H2,1-3H3. The lowest BCUT2D eigenvalue weighted by Crippen LogP contribution is -2.16. The van der Waals surface area contributed by atoms with Crippen LogP contribution in [0.3, 0.4) is 0 Å². The predicted octanol–water partition coefficient (Wildman–Crippen LogP) is 3.80. The van der Waals surface area contributed by atoms with E-state index in [1.807, 2.05) is 6.07 Å². The fraction of sp³-hybridized carbons (Fsp3) is 0.500. The molecule has 0 aromatic heterocycles. The fourth-order valence-corrected chi connectivity index (χ4v) is 1.61. The van der Waals surface area contributed by atoms with Crippen LogP contribution in [0.2, 0.25) is 0 Å². The van der Waals surface area contributed by atoms with Crippen LogP contribution in [-0.4, -0.2) is 12.4 Å². The predicted molar refractivity (Wildman–Crippen MR) is 64.2 cm³/mol. The van der Waals surface area contributed by atoms with Gasteiger partial charge in [0.2, 0.25) is 0 Å². The lowest BCUT2D eigenvalue weighted by Gasteiger charge is -2.21. The fourth-order valence-electron chi connectivity index (χ4n) is 1.41. The Morgan fingerprint density at radius 2 is 2.07 bits per heavy atom. The van der Waals surface area contributed by atoms with Crippen molar-refractivity contribution in [2.75, 3.05) is 12.4 Å². The molecule has 1 aromatic rings. The zero-order valence-electron chi connectivity index (χ0n) is 9.31. The van der Waals surface area contributed by atoms with Crippen molar-refractivity contribution in [1.82, 2.24) is 0 Å². The Labute approximate surface area is 98.8 Å². The Bertz CT molecular complexity index is 336. The van der Waals surface area contributed by atoms with Crippen LogP contribution in [0.25, 0.3) is 0 Å². The third-order valence-electron chi connectivity index (χ3n) is 2.26. The molecule has 0 aliphatic heterocycles. The smallest absolute Gasteiger partial charge is 0.165 e. The maximum Gasteiger partial charge on any atom is 0.165 e. The first-order valence-electron chi connectivity index (χ1n) is 4.87. The highest BCUT2D eigenvalue weighted by Gasteiger charge is 2.17. The zero-order valence-corrected chi connectivity index (χ0v) is 10.9. The summed E-state index contributed by atoms with van der Waals surface area (Å²) in [5.41, 5.74) is 1.26. The number of hydrogen-bond acceptors (Lipinski definition) is 1. The highest BCUT2D eigenvalue weighted by Crippen LogP contribution is 2.27. The van der Waals surface area contributed by atoms with Crippen LogP contribution in [0.1, 0.15) is 19.4 Å². The molecule has 0 saturated heterocycles. The molecule has 0 fully saturated rings. The molecule has 0 spiro atoms. The molecule has 0 saturated carbocycles. The Hall–Kier alpha value is -0.570. The van der Waals surface area contributed by atoms with Crippen molar-refractivity contribution in [2.24, 2.45) is 5.41 Å². The van der Waals surface area contributed by atoms with Crippen molar-refractivity contribution in [2.45, 2.75) is 20.3 Å². The van der Waals surface area contributed by atoms with Gasteiger partial charge < -0.3 is 4.74 Å². The number of hydrogen-bond donors (Lipinski definition) is 0. The SMILES string of the molecule is COc1cc(CC(C)(C)CBr)ccc1F. The minimum absolute atomic E-state index is 0.169. The molecule has 1 aromatic carbocycles. The second-order valence-electron chi connectivity index (χ2n) is 4.44. The summed E-state index contributed by atoms with van der Waals surface area (Å²) in [6, 6.07) is 5.03. The van der Waals surface area contributed by atoms with E-state index in [1.165, 1.54) is 13.2 Å². The van der Waals surface area contributed by atoms with Gasteiger partial charge in [-0.1, -0.05) is 35.8 Å². The van der Waals surface area contributed by atoms with Crippen LogP contribution < -0.4 is 4.74 Å². The second-order valence-corrected chi connectivity index (χ2v) is 5.00. The van der Waals surface area contributed by atoms with Crippen LogP contribution in [0.15, 0.2) is 18.2 Å². The van der Waals surface area contributed by atoms with Gasteiger partial charge in [-0.15, -0.1) is 0 Å². The highest BCUT2D eigenvalue weighted by atomic mass is 79.9. The average Bonchev–Trinajstić information content (AvgIpc) is 2.20. The van der Waals surface area contributed by atoms with Gasteiger partial charge in [-0.25, -0.2) is 4.39 Å². The van der Waals surface area contributed by atoms with Gasteiger partial charge in [0.25, 0.3) is 0 Å². The van der Waals surface area contributed by atoms with Crippen molar-refractivity contribution in [3.05, 3.63) is 29.6 Å². The van der Waals surface area contributed by atoms with Gasteiger partial charge in [-0.2, -0.15) is 0 Å². The van der Waals surface area contributed by atoms with Crippen molar-refractivity contribution < 1.29 is 9.13 Å². The Morgan fingerprint density at radius 3 is 2.60 bits per heavy atom. The number of rotatable bonds is 4. The van der Waals surface area contributed by atoms with Crippen LogP contribution in [0, 0.1) is 11.2 Å². The van der Waals surface area contributed by atoms with E-state index in [4.69, 9.17) is 4.74 Å². The van der Waals surface area contributed by atoms with E-state index in [9.17, 15) is 4.39 Å². The zero-order chi connectivity index (χ0) is 11.5. The van der Waals surface area contributed by atoms with Crippen molar-refractivity contribution in [3.8, 4) is 5.75 Å². The molecule has 0 heterocycles. The molecule has 15 heavy (non-hydrogen) atoms. The summed E-state index contributed by atoms with van der Waals surface area (Å²) in [4.78, 5) is 0. The van der Waals surface area contributed by atoms with Gasteiger partial charge >= 0.3 is 0 Å². The summed E-state index contributed by atoms with van der Waals surface area (Å²) in [5.74, 6) is 0.00997. The highest BCUT2D eigenvalue weighted by molar-refractivity contribution is 9.09. The van der Waals surface area contributed by atoms with E-state index >= 15 is 0 Å². The molecule has 0 atom stereocenters. The summed E-state index contributed by atoms with van der Waals surface area (Å²) in [7, 11) is 1.48. The molecule has 3 heteroatoms. The van der Waals surface area contributed by atoms with E-state index in [0.717, 1.165) is 17.3 Å². The number of halogens is 2. The molecule has 1 rings (SSSR count). The van der Waals surface area contributed by atoms with E-state index in [-0.39, 0.29) is 11.2 Å². The minimum Gasteiger partial charge on any atom is -0.494 e. The number of ether oxygens (including phenoxy) is 1. The Kier molecular flexibility index (Phi) is 4.14. The summed E-state index contributed by atoms with van der Waals surface area (Å²) < 4.78 is 18.1. The molecule has 0 unspecified atom stereocenters. The third kappa shape index (κ3) is 3.49. The average molecular weight is 275 g/mol. The maximum atomic E-state index is 13.2. The second kappa shape index (κ2) is 4.97. The molecule has 84 valence electrons. The van der Waals surface area contributed by atoms with E-state index in [0.29, 0.717) is 5.75 Å². The number of benzene rings is 1.